The lowest BCUT2D eigenvalue weighted by molar-refractivity contribution is -0.0704. The molecule has 8 heteroatoms. The first-order chi connectivity index (χ1) is 14.0. The molecular formula is C22H24Cl2N2O4. The molecular weight excluding hydrogens is 427 g/mol. The zero-order chi connectivity index (χ0) is 21.8. The fourth-order valence-corrected chi connectivity index (χ4v) is 4.41. The molecule has 1 aliphatic rings. The number of carbonyl (C=O) groups excluding carboxylic acids is 1. The number of nitrogens with zero attached hydrogens (tertiary/aromatic N) is 2. The van der Waals surface area contributed by atoms with Crippen molar-refractivity contribution < 1.29 is 19.7 Å². The molecule has 0 unspecified atom stereocenters. The van der Waals surface area contributed by atoms with Gasteiger partial charge in [0.1, 0.15) is 11.7 Å². The number of aromatic nitrogens is 1. The van der Waals surface area contributed by atoms with Crippen LogP contribution in [0.15, 0.2) is 36.4 Å². The molecule has 1 amide bonds. The summed E-state index contributed by atoms with van der Waals surface area (Å²) in [5.41, 5.74) is 1.01. The van der Waals surface area contributed by atoms with Crippen molar-refractivity contribution in [1.82, 2.24) is 9.47 Å². The van der Waals surface area contributed by atoms with Crippen LogP contribution in [-0.4, -0.2) is 56.7 Å². The summed E-state index contributed by atoms with van der Waals surface area (Å²) in [5, 5.41) is 24.3. The highest BCUT2D eigenvalue weighted by Crippen LogP contribution is 2.37. The van der Waals surface area contributed by atoms with E-state index in [0.717, 1.165) is 21.8 Å². The monoisotopic (exact) mass is 450 g/mol. The second-order valence-electron chi connectivity index (χ2n) is 8.70. The minimum atomic E-state index is -1.11. The maximum absolute atomic E-state index is 12.7. The van der Waals surface area contributed by atoms with Gasteiger partial charge in [0.25, 0.3) is 0 Å². The van der Waals surface area contributed by atoms with E-state index in [1.165, 1.54) is 4.90 Å². The van der Waals surface area contributed by atoms with Gasteiger partial charge in [0.15, 0.2) is 0 Å². The van der Waals surface area contributed by atoms with Crippen LogP contribution in [0.4, 0.5) is 4.79 Å². The minimum absolute atomic E-state index is 0.00136. The third-order valence-electron chi connectivity index (χ3n) is 5.31. The zero-order valence-electron chi connectivity index (χ0n) is 17.0. The lowest BCUT2D eigenvalue weighted by Crippen LogP contribution is -2.55. The topological polar surface area (TPSA) is 74.9 Å². The number of benzene rings is 2. The van der Waals surface area contributed by atoms with Gasteiger partial charge in [0.2, 0.25) is 0 Å². The standard InChI is InChI=1S/C22H24Cl2N2O4/c1-22(2,3)30-21(29)25-10-18(20(28)19(27)11-25)26-16-6-4-12(23)8-14(16)15-9-13(24)5-7-17(15)26/h4-9,18-20,27-28H,10-11H2,1-3H3/t18-,19-,20-/m0/s1. The van der Waals surface area contributed by atoms with Crippen molar-refractivity contribution in [3.8, 4) is 0 Å². The van der Waals surface area contributed by atoms with E-state index < -0.39 is 29.9 Å². The lowest BCUT2D eigenvalue weighted by atomic mass is 9.99. The Morgan fingerprint density at radius 2 is 1.53 bits per heavy atom. The molecule has 6 nitrogen and oxygen atoms in total. The molecule has 3 aromatic rings. The zero-order valence-corrected chi connectivity index (χ0v) is 18.5. The highest BCUT2D eigenvalue weighted by molar-refractivity contribution is 6.33. The summed E-state index contributed by atoms with van der Waals surface area (Å²) in [5.74, 6) is 0. The summed E-state index contributed by atoms with van der Waals surface area (Å²) < 4.78 is 7.43. The number of aliphatic hydroxyl groups excluding tert-OH is 2. The number of likely N-dealkylation sites (tertiary alicyclic amines) is 1. The van der Waals surface area contributed by atoms with E-state index in [1.54, 1.807) is 32.9 Å². The molecule has 1 aromatic heterocycles. The van der Waals surface area contributed by atoms with Gasteiger partial charge in [-0.2, -0.15) is 0 Å². The van der Waals surface area contributed by atoms with Crippen molar-refractivity contribution in [3.63, 3.8) is 0 Å². The van der Waals surface area contributed by atoms with Gasteiger partial charge in [0.05, 0.1) is 18.7 Å². The largest absolute Gasteiger partial charge is 0.444 e. The van der Waals surface area contributed by atoms with Crippen LogP contribution in [0.3, 0.4) is 0 Å². The van der Waals surface area contributed by atoms with Gasteiger partial charge in [-0.25, -0.2) is 4.79 Å². The number of ether oxygens (including phenoxy) is 1. The Bertz CT molecular complexity index is 1060. The van der Waals surface area contributed by atoms with E-state index in [-0.39, 0.29) is 13.1 Å². The summed E-state index contributed by atoms with van der Waals surface area (Å²) in [6.45, 7) is 5.56. The van der Waals surface area contributed by atoms with Gasteiger partial charge in [-0.1, -0.05) is 23.2 Å². The molecule has 1 aliphatic heterocycles. The third-order valence-corrected chi connectivity index (χ3v) is 5.78. The molecule has 0 saturated carbocycles. The van der Waals surface area contributed by atoms with Crippen molar-refractivity contribution in [1.29, 1.82) is 0 Å². The predicted molar refractivity (Wildman–Crippen MR) is 118 cm³/mol. The number of hydrogen-bond donors (Lipinski definition) is 2. The Morgan fingerprint density at radius 1 is 1.00 bits per heavy atom. The van der Waals surface area contributed by atoms with Crippen LogP contribution >= 0.6 is 23.2 Å². The Labute approximate surface area is 184 Å². The molecule has 2 N–H and O–H groups in total. The molecule has 2 aromatic carbocycles. The Hall–Kier alpha value is -1.99. The number of amides is 1. The molecule has 1 fully saturated rings. The van der Waals surface area contributed by atoms with Gasteiger partial charge < -0.3 is 24.4 Å². The number of aliphatic hydroxyl groups is 2. The molecule has 0 radical (unpaired) electrons. The molecule has 0 aliphatic carbocycles. The summed E-state index contributed by atoms with van der Waals surface area (Å²) in [7, 11) is 0. The number of fused-ring (bicyclic) bond motifs is 3. The van der Waals surface area contributed by atoms with Gasteiger partial charge in [-0.3, -0.25) is 0 Å². The van der Waals surface area contributed by atoms with Crippen LogP contribution in [0.2, 0.25) is 10.0 Å². The van der Waals surface area contributed by atoms with Crippen molar-refractivity contribution in [3.05, 3.63) is 46.4 Å². The number of hydrogen-bond acceptors (Lipinski definition) is 4. The van der Waals surface area contributed by atoms with Crippen LogP contribution in [-0.2, 0) is 4.74 Å². The first kappa shape index (κ1) is 21.2. The Balaban J connectivity index is 1.84. The van der Waals surface area contributed by atoms with E-state index in [0.29, 0.717) is 10.0 Å². The fourth-order valence-electron chi connectivity index (χ4n) is 4.06. The summed E-state index contributed by atoms with van der Waals surface area (Å²) in [6.07, 6.45) is -2.69. The number of β-amino-alcohol motifs (C(OH)–C–C–N with tert-alkyl or cyclic N) is 1. The molecule has 3 atom stereocenters. The number of piperidine rings is 1. The minimum Gasteiger partial charge on any atom is -0.444 e. The van der Waals surface area contributed by atoms with E-state index in [4.69, 9.17) is 27.9 Å². The summed E-state index contributed by atoms with van der Waals surface area (Å²) in [4.78, 5) is 14.1. The molecule has 0 spiro atoms. The smallest absolute Gasteiger partial charge is 0.410 e. The second-order valence-corrected chi connectivity index (χ2v) is 9.58. The molecule has 160 valence electrons. The van der Waals surface area contributed by atoms with E-state index >= 15 is 0 Å². The van der Waals surface area contributed by atoms with Crippen molar-refractivity contribution in [2.24, 2.45) is 0 Å². The molecule has 2 heterocycles. The molecule has 1 saturated heterocycles. The quantitative estimate of drug-likeness (QED) is 0.567. The molecule has 0 bridgehead atoms. The van der Waals surface area contributed by atoms with Gasteiger partial charge in [-0.15, -0.1) is 0 Å². The number of rotatable bonds is 1. The third kappa shape index (κ3) is 3.85. The van der Waals surface area contributed by atoms with E-state index in [9.17, 15) is 15.0 Å². The molecule has 30 heavy (non-hydrogen) atoms. The Kier molecular flexibility index (Phi) is 5.39. The van der Waals surface area contributed by atoms with Crippen molar-refractivity contribution in [2.45, 2.75) is 44.6 Å². The summed E-state index contributed by atoms with van der Waals surface area (Å²) in [6, 6.07) is 10.4. The SMILES string of the molecule is CC(C)(C)OC(=O)N1C[C@H](O)[C@@H](O)[C@@H](n2c3ccc(Cl)cc3c3cc(Cl)ccc32)C1. The number of carbonyl (C=O) groups is 1. The van der Waals surface area contributed by atoms with Crippen LogP contribution in [0, 0.1) is 0 Å². The van der Waals surface area contributed by atoms with Crippen LogP contribution in [0.1, 0.15) is 26.8 Å². The fraction of sp³-hybridized carbons (Fsp3) is 0.409. The van der Waals surface area contributed by atoms with Gasteiger partial charge in [-0.05, 0) is 57.2 Å². The predicted octanol–water partition coefficient (Wildman–Crippen LogP) is 4.61. The molecule has 4 rings (SSSR count). The maximum atomic E-state index is 12.7. The normalized spacial score (nSPS) is 22.6. The van der Waals surface area contributed by atoms with Gasteiger partial charge >= 0.3 is 6.09 Å². The number of halogens is 2. The van der Waals surface area contributed by atoms with Crippen LogP contribution < -0.4 is 0 Å². The van der Waals surface area contributed by atoms with Gasteiger partial charge in [0, 0.05) is 38.4 Å². The average molecular weight is 451 g/mol. The van der Waals surface area contributed by atoms with Crippen molar-refractivity contribution >= 4 is 51.1 Å². The van der Waals surface area contributed by atoms with Crippen molar-refractivity contribution in [2.75, 3.05) is 13.1 Å². The summed E-state index contributed by atoms with van der Waals surface area (Å²) >= 11 is 12.5. The lowest BCUT2D eigenvalue weighted by Gasteiger charge is -2.40. The highest BCUT2D eigenvalue weighted by Gasteiger charge is 2.40. The first-order valence-electron chi connectivity index (χ1n) is 9.78. The first-order valence-corrected chi connectivity index (χ1v) is 10.5. The van der Waals surface area contributed by atoms with E-state index in [1.807, 2.05) is 28.8 Å². The van der Waals surface area contributed by atoms with E-state index in [2.05, 4.69) is 0 Å². The average Bonchev–Trinajstić information content (AvgIpc) is 2.95. The van der Waals surface area contributed by atoms with Crippen LogP contribution in [0.5, 0.6) is 0 Å². The Morgan fingerprint density at radius 3 is 2.03 bits per heavy atom. The highest BCUT2D eigenvalue weighted by atomic mass is 35.5. The van der Waals surface area contributed by atoms with Crippen LogP contribution in [0.25, 0.3) is 21.8 Å². The second kappa shape index (κ2) is 7.61. The maximum Gasteiger partial charge on any atom is 0.410 e.